The molecular formula is C11H14N2O3S. The number of hydroxylamine groups is 1. The van der Waals surface area contributed by atoms with Crippen LogP contribution < -0.4 is 11.2 Å². The SMILES string of the molecule is Cc1ccc(SCC(=O)NOCC(N)=O)cc1. The molecule has 0 aliphatic heterocycles. The first-order valence-corrected chi connectivity index (χ1v) is 5.95. The van der Waals surface area contributed by atoms with Crippen molar-refractivity contribution in [2.24, 2.45) is 5.73 Å². The molecule has 1 aromatic rings. The van der Waals surface area contributed by atoms with Gasteiger partial charge in [0.05, 0.1) is 5.75 Å². The van der Waals surface area contributed by atoms with Gasteiger partial charge >= 0.3 is 0 Å². The fourth-order valence-corrected chi connectivity index (χ4v) is 1.69. The van der Waals surface area contributed by atoms with Crippen LogP contribution in [-0.2, 0) is 14.4 Å². The molecule has 6 heteroatoms. The molecule has 92 valence electrons. The van der Waals surface area contributed by atoms with Gasteiger partial charge in [0.2, 0.25) is 5.91 Å². The number of aryl methyl sites for hydroxylation is 1. The van der Waals surface area contributed by atoms with Crippen LogP contribution in [0.4, 0.5) is 0 Å². The van der Waals surface area contributed by atoms with E-state index in [1.807, 2.05) is 31.2 Å². The first kappa shape index (κ1) is 13.5. The summed E-state index contributed by atoms with van der Waals surface area (Å²) in [5, 5.41) is 0. The summed E-state index contributed by atoms with van der Waals surface area (Å²) in [4.78, 5) is 27.2. The third-order valence-electron chi connectivity index (χ3n) is 1.79. The molecule has 0 radical (unpaired) electrons. The Morgan fingerprint density at radius 1 is 1.35 bits per heavy atom. The molecule has 0 saturated carbocycles. The van der Waals surface area contributed by atoms with Gasteiger partial charge in [-0.05, 0) is 19.1 Å². The number of benzene rings is 1. The van der Waals surface area contributed by atoms with E-state index in [0.29, 0.717) is 0 Å². The molecule has 5 nitrogen and oxygen atoms in total. The molecule has 0 aliphatic carbocycles. The Morgan fingerprint density at radius 3 is 2.59 bits per heavy atom. The van der Waals surface area contributed by atoms with Crippen LogP contribution in [0.1, 0.15) is 5.56 Å². The van der Waals surface area contributed by atoms with Crippen molar-refractivity contribution in [3.05, 3.63) is 29.8 Å². The Hall–Kier alpha value is -1.53. The summed E-state index contributed by atoms with van der Waals surface area (Å²) in [5.74, 6) is -0.713. The van der Waals surface area contributed by atoms with Crippen molar-refractivity contribution in [2.75, 3.05) is 12.4 Å². The summed E-state index contributed by atoms with van der Waals surface area (Å²) < 4.78 is 0. The van der Waals surface area contributed by atoms with E-state index in [0.717, 1.165) is 4.90 Å². The second kappa shape index (κ2) is 6.93. The zero-order valence-corrected chi connectivity index (χ0v) is 10.3. The highest BCUT2D eigenvalue weighted by Gasteiger charge is 2.03. The minimum absolute atomic E-state index is 0.224. The Balaban J connectivity index is 2.23. The molecule has 0 aromatic heterocycles. The smallest absolute Gasteiger partial charge is 0.253 e. The summed E-state index contributed by atoms with van der Waals surface area (Å²) in [5.41, 5.74) is 8.14. The number of thioether (sulfide) groups is 1. The topological polar surface area (TPSA) is 81.4 Å². The zero-order chi connectivity index (χ0) is 12.7. The second-order valence-corrected chi connectivity index (χ2v) is 4.43. The van der Waals surface area contributed by atoms with Crippen LogP contribution in [0.5, 0.6) is 0 Å². The number of hydrogen-bond acceptors (Lipinski definition) is 4. The highest BCUT2D eigenvalue weighted by atomic mass is 32.2. The number of nitrogens with one attached hydrogen (secondary N) is 1. The maximum Gasteiger partial charge on any atom is 0.253 e. The molecule has 1 rings (SSSR count). The molecule has 0 aliphatic rings. The van der Waals surface area contributed by atoms with Gasteiger partial charge in [-0.2, -0.15) is 0 Å². The van der Waals surface area contributed by atoms with Gasteiger partial charge in [0, 0.05) is 4.90 Å². The molecule has 0 bridgehead atoms. The van der Waals surface area contributed by atoms with Crippen molar-refractivity contribution in [3.63, 3.8) is 0 Å². The summed E-state index contributed by atoms with van der Waals surface area (Å²) in [6.07, 6.45) is 0. The number of nitrogens with two attached hydrogens (primary N) is 1. The molecule has 1 aromatic carbocycles. The van der Waals surface area contributed by atoms with Crippen LogP contribution in [0.25, 0.3) is 0 Å². The molecule has 0 unspecified atom stereocenters. The molecule has 0 spiro atoms. The lowest BCUT2D eigenvalue weighted by Crippen LogP contribution is -2.30. The fraction of sp³-hybridized carbons (Fsp3) is 0.273. The average molecular weight is 254 g/mol. The van der Waals surface area contributed by atoms with Crippen molar-refractivity contribution in [2.45, 2.75) is 11.8 Å². The standard InChI is InChI=1S/C11H14N2O3S/c1-8-2-4-9(5-3-8)17-7-11(15)13-16-6-10(12)14/h2-5H,6-7H2,1H3,(H2,12,14)(H,13,15). The fourth-order valence-electron chi connectivity index (χ4n) is 1.00. The van der Waals surface area contributed by atoms with E-state index >= 15 is 0 Å². The quantitative estimate of drug-likeness (QED) is 0.576. The molecule has 2 amide bonds. The molecule has 0 saturated heterocycles. The highest BCUT2D eigenvalue weighted by molar-refractivity contribution is 8.00. The van der Waals surface area contributed by atoms with E-state index in [9.17, 15) is 9.59 Å². The van der Waals surface area contributed by atoms with E-state index in [-0.39, 0.29) is 18.3 Å². The highest BCUT2D eigenvalue weighted by Crippen LogP contribution is 2.17. The molecule has 17 heavy (non-hydrogen) atoms. The summed E-state index contributed by atoms with van der Waals surface area (Å²) in [6, 6.07) is 7.84. The van der Waals surface area contributed by atoms with Crippen molar-refractivity contribution in [1.29, 1.82) is 0 Å². The van der Waals surface area contributed by atoms with Gasteiger partial charge in [0.1, 0.15) is 0 Å². The lowest BCUT2D eigenvalue weighted by molar-refractivity contribution is -0.135. The van der Waals surface area contributed by atoms with Gasteiger partial charge in [0.15, 0.2) is 6.61 Å². The summed E-state index contributed by atoms with van der Waals surface area (Å²) in [6.45, 7) is 1.68. The Kier molecular flexibility index (Phi) is 5.51. The van der Waals surface area contributed by atoms with E-state index < -0.39 is 5.91 Å². The van der Waals surface area contributed by atoms with Gasteiger partial charge < -0.3 is 5.73 Å². The second-order valence-electron chi connectivity index (χ2n) is 3.38. The van der Waals surface area contributed by atoms with Crippen LogP contribution in [0.15, 0.2) is 29.2 Å². The molecule has 3 N–H and O–H groups in total. The maximum absolute atomic E-state index is 11.3. The van der Waals surface area contributed by atoms with Crippen molar-refractivity contribution < 1.29 is 14.4 Å². The number of carbonyl (C=O) groups excluding carboxylic acids is 2. The lowest BCUT2D eigenvalue weighted by Gasteiger charge is -2.04. The Bertz CT molecular complexity index is 392. The van der Waals surface area contributed by atoms with Crippen molar-refractivity contribution >= 4 is 23.6 Å². The van der Waals surface area contributed by atoms with Crippen molar-refractivity contribution in [3.8, 4) is 0 Å². The van der Waals surface area contributed by atoms with Gasteiger partial charge in [-0.15, -0.1) is 11.8 Å². The number of hydrogen-bond donors (Lipinski definition) is 2. The summed E-state index contributed by atoms with van der Waals surface area (Å²) in [7, 11) is 0. The normalized spacial score (nSPS) is 9.94. The van der Waals surface area contributed by atoms with Gasteiger partial charge in [-0.1, -0.05) is 17.7 Å². The number of amides is 2. The molecular weight excluding hydrogens is 240 g/mol. The third kappa shape index (κ3) is 5.94. The lowest BCUT2D eigenvalue weighted by atomic mass is 10.2. The predicted octanol–water partition coefficient (Wildman–Crippen LogP) is 0.620. The average Bonchev–Trinajstić information content (AvgIpc) is 2.28. The first-order chi connectivity index (χ1) is 8.08. The van der Waals surface area contributed by atoms with Crippen LogP contribution in [0, 0.1) is 6.92 Å². The van der Waals surface area contributed by atoms with Gasteiger partial charge in [0.25, 0.3) is 5.91 Å². The van der Waals surface area contributed by atoms with Crippen LogP contribution in [0.3, 0.4) is 0 Å². The van der Waals surface area contributed by atoms with E-state index in [1.54, 1.807) is 0 Å². The van der Waals surface area contributed by atoms with Crippen molar-refractivity contribution in [1.82, 2.24) is 5.48 Å². The molecule has 0 heterocycles. The zero-order valence-electron chi connectivity index (χ0n) is 9.43. The predicted molar refractivity (Wildman–Crippen MR) is 65.2 cm³/mol. The van der Waals surface area contributed by atoms with Crippen LogP contribution >= 0.6 is 11.8 Å². The number of carbonyl (C=O) groups is 2. The number of primary amides is 1. The summed E-state index contributed by atoms with van der Waals surface area (Å²) >= 11 is 1.39. The van der Waals surface area contributed by atoms with E-state index in [1.165, 1.54) is 17.3 Å². The largest absolute Gasteiger partial charge is 0.368 e. The minimum atomic E-state index is -0.628. The monoisotopic (exact) mass is 254 g/mol. The maximum atomic E-state index is 11.3. The van der Waals surface area contributed by atoms with Crippen LogP contribution in [-0.4, -0.2) is 24.2 Å². The minimum Gasteiger partial charge on any atom is -0.368 e. The number of rotatable bonds is 6. The van der Waals surface area contributed by atoms with Gasteiger partial charge in [-0.3, -0.25) is 14.4 Å². The van der Waals surface area contributed by atoms with E-state index in [2.05, 4.69) is 10.3 Å². The molecule has 0 fully saturated rings. The van der Waals surface area contributed by atoms with Gasteiger partial charge in [-0.25, -0.2) is 5.48 Å². The third-order valence-corrected chi connectivity index (χ3v) is 2.80. The Morgan fingerprint density at radius 2 is 2.00 bits per heavy atom. The van der Waals surface area contributed by atoms with E-state index in [4.69, 9.17) is 5.73 Å². The first-order valence-electron chi connectivity index (χ1n) is 4.96. The Labute approximate surface area is 104 Å². The molecule has 0 atom stereocenters. The van der Waals surface area contributed by atoms with Crippen LogP contribution in [0.2, 0.25) is 0 Å².